The summed E-state index contributed by atoms with van der Waals surface area (Å²) < 4.78 is 0. The Labute approximate surface area is 123 Å². The van der Waals surface area contributed by atoms with Gasteiger partial charge in [0.05, 0.1) is 0 Å². The Bertz CT molecular complexity index is 452. The van der Waals surface area contributed by atoms with Crippen molar-refractivity contribution in [3.63, 3.8) is 0 Å². The van der Waals surface area contributed by atoms with Gasteiger partial charge >= 0.3 is 0 Å². The molecule has 3 rings (SSSR count). The molecule has 1 fully saturated rings. The van der Waals surface area contributed by atoms with Crippen LogP contribution in [0.25, 0.3) is 0 Å². The lowest BCUT2D eigenvalue weighted by Crippen LogP contribution is -2.48. The fraction of sp³-hybridized carbons (Fsp3) is 0.667. The Kier molecular flexibility index (Phi) is 4.13. The van der Waals surface area contributed by atoms with E-state index in [1.807, 2.05) is 0 Å². The molecule has 2 heteroatoms. The summed E-state index contributed by atoms with van der Waals surface area (Å²) in [4.78, 5) is 2.65. The third-order valence-corrected chi connectivity index (χ3v) is 5.49. The summed E-state index contributed by atoms with van der Waals surface area (Å²) in [7, 11) is 0. The van der Waals surface area contributed by atoms with E-state index >= 15 is 0 Å². The summed E-state index contributed by atoms with van der Waals surface area (Å²) in [5.74, 6) is 1.56. The molecule has 1 aromatic carbocycles. The molecule has 3 atom stereocenters. The molecular weight excluding hydrogens is 244 g/mol. The first kappa shape index (κ1) is 14.1. The van der Waals surface area contributed by atoms with Crippen LogP contribution in [0.15, 0.2) is 24.3 Å². The van der Waals surface area contributed by atoms with Gasteiger partial charge in [-0.05, 0) is 48.8 Å². The highest BCUT2D eigenvalue weighted by Crippen LogP contribution is 2.39. The molecule has 0 radical (unpaired) electrons. The third-order valence-electron chi connectivity index (χ3n) is 5.49. The van der Waals surface area contributed by atoms with Crippen molar-refractivity contribution in [2.75, 3.05) is 13.1 Å². The van der Waals surface area contributed by atoms with Crippen LogP contribution in [0.1, 0.15) is 62.6 Å². The molecule has 0 amide bonds. The number of hydrogen-bond acceptors (Lipinski definition) is 2. The van der Waals surface area contributed by atoms with Gasteiger partial charge in [0.2, 0.25) is 0 Å². The van der Waals surface area contributed by atoms with Gasteiger partial charge in [0, 0.05) is 18.6 Å². The average Bonchev–Trinajstić information content (AvgIpc) is 2.43. The van der Waals surface area contributed by atoms with Gasteiger partial charge in [-0.15, -0.1) is 0 Å². The predicted molar refractivity (Wildman–Crippen MR) is 84.8 cm³/mol. The van der Waals surface area contributed by atoms with Crippen molar-refractivity contribution in [3.8, 4) is 0 Å². The molecule has 2 N–H and O–H groups in total. The lowest BCUT2D eigenvalue weighted by molar-refractivity contribution is 0.107. The zero-order valence-corrected chi connectivity index (χ0v) is 12.9. The van der Waals surface area contributed by atoms with Crippen LogP contribution in [0.4, 0.5) is 0 Å². The van der Waals surface area contributed by atoms with E-state index in [4.69, 9.17) is 5.73 Å². The molecule has 2 aliphatic carbocycles. The maximum atomic E-state index is 6.62. The van der Waals surface area contributed by atoms with Crippen LogP contribution >= 0.6 is 0 Å². The van der Waals surface area contributed by atoms with E-state index in [0.717, 1.165) is 12.5 Å². The Balaban J connectivity index is 1.79. The number of nitrogens with zero attached hydrogens (tertiary/aromatic N) is 1. The van der Waals surface area contributed by atoms with Crippen LogP contribution in [-0.4, -0.2) is 24.0 Å². The first-order valence-electron chi connectivity index (χ1n) is 8.29. The van der Waals surface area contributed by atoms with E-state index in [0.29, 0.717) is 12.0 Å². The van der Waals surface area contributed by atoms with Crippen LogP contribution in [0, 0.1) is 5.92 Å². The van der Waals surface area contributed by atoms with E-state index in [-0.39, 0.29) is 6.04 Å². The highest BCUT2D eigenvalue weighted by Gasteiger charge is 2.35. The van der Waals surface area contributed by atoms with E-state index < -0.39 is 0 Å². The van der Waals surface area contributed by atoms with Gasteiger partial charge in [0.25, 0.3) is 0 Å². The van der Waals surface area contributed by atoms with Crippen LogP contribution in [0.5, 0.6) is 0 Å². The van der Waals surface area contributed by atoms with Crippen molar-refractivity contribution >= 4 is 0 Å². The molecule has 0 heterocycles. The van der Waals surface area contributed by atoms with Gasteiger partial charge in [-0.1, -0.05) is 44.5 Å². The minimum absolute atomic E-state index is 0.183. The van der Waals surface area contributed by atoms with Crippen LogP contribution in [-0.2, 0) is 0 Å². The topological polar surface area (TPSA) is 29.3 Å². The van der Waals surface area contributed by atoms with Gasteiger partial charge in [0.1, 0.15) is 0 Å². The number of likely N-dealkylation sites (N-methyl/N-ethyl adjacent to an activating group) is 1. The van der Waals surface area contributed by atoms with Crippen LogP contribution in [0.3, 0.4) is 0 Å². The molecule has 0 bridgehead atoms. The molecule has 1 saturated carbocycles. The van der Waals surface area contributed by atoms with E-state index in [1.165, 1.54) is 43.4 Å². The molecule has 20 heavy (non-hydrogen) atoms. The molecule has 0 aromatic heterocycles. The second kappa shape index (κ2) is 5.87. The zero-order valence-electron chi connectivity index (χ0n) is 12.9. The van der Waals surface area contributed by atoms with Crippen molar-refractivity contribution in [2.24, 2.45) is 11.7 Å². The maximum Gasteiger partial charge on any atom is 0.0456 e. The van der Waals surface area contributed by atoms with E-state index in [1.54, 1.807) is 0 Å². The monoisotopic (exact) mass is 272 g/mol. The average molecular weight is 272 g/mol. The summed E-state index contributed by atoms with van der Waals surface area (Å²) in [6, 6.07) is 9.48. The number of benzene rings is 1. The Morgan fingerprint density at radius 2 is 1.90 bits per heavy atom. The highest BCUT2D eigenvalue weighted by molar-refractivity contribution is 5.36. The Hall–Kier alpha value is -0.860. The first-order chi connectivity index (χ1) is 9.70. The maximum absolute atomic E-state index is 6.62. The van der Waals surface area contributed by atoms with Crippen molar-refractivity contribution in [3.05, 3.63) is 35.4 Å². The number of fused-ring (bicyclic) bond motifs is 1. The Morgan fingerprint density at radius 3 is 2.50 bits per heavy atom. The predicted octanol–water partition coefficient (Wildman–Crippen LogP) is 3.68. The quantitative estimate of drug-likeness (QED) is 0.906. The minimum atomic E-state index is 0.183. The van der Waals surface area contributed by atoms with E-state index in [9.17, 15) is 0 Å². The normalized spacial score (nSPS) is 30.1. The fourth-order valence-corrected chi connectivity index (χ4v) is 3.99. The molecule has 0 aliphatic heterocycles. The lowest BCUT2D eigenvalue weighted by Gasteiger charge is -2.43. The van der Waals surface area contributed by atoms with Gasteiger partial charge in [0.15, 0.2) is 0 Å². The largest absolute Gasteiger partial charge is 0.323 e. The van der Waals surface area contributed by atoms with Crippen molar-refractivity contribution < 1.29 is 0 Å². The molecular formula is C18H28N2. The van der Waals surface area contributed by atoms with Gasteiger partial charge in [-0.25, -0.2) is 0 Å². The molecule has 0 spiro atoms. The first-order valence-corrected chi connectivity index (χ1v) is 8.29. The van der Waals surface area contributed by atoms with Gasteiger partial charge in [-0.2, -0.15) is 0 Å². The summed E-state index contributed by atoms with van der Waals surface area (Å²) in [5.41, 5.74) is 9.47. The summed E-state index contributed by atoms with van der Waals surface area (Å²) in [5, 5.41) is 0. The standard InChI is InChI=1S/C18H28N2/c1-3-20(12-14-7-6-8-14)17-11-13(2)15-9-4-5-10-16(15)18(17)19/h4-5,9-10,13-14,17-18H,3,6-8,11-12,19H2,1-2H3. The zero-order chi connectivity index (χ0) is 14.1. The minimum Gasteiger partial charge on any atom is -0.323 e. The summed E-state index contributed by atoms with van der Waals surface area (Å²) in [6.45, 7) is 7.03. The molecule has 3 unspecified atom stereocenters. The number of hydrogen-bond donors (Lipinski definition) is 1. The second-order valence-electron chi connectivity index (χ2n) is 6.74. The molecule has 2 nitrogen and oxygen atoms in total. The summed E-state index contributed by atoms with van der Waals surface area (Å²) >= 11 is 0. The molecule has 110 valence electrons. The SMILES string of the molecule is CCN(CC1CCC1)C1CC(C)c2ccccc2C1N. The molecule has 2 aliphatic rings. The van der Waals surface area contributed by atoms with Crippen LogP contribution < -0.4 is 5.73 Å². The number of rotatable bonds is 4. The van der Waals surface area contributed by atoms with Crippen LogP contribution in [0.2, 0.25) is 0 Å². The van der Waals surface area contributed by atoms with Gasteiger partial charge in [-0.3, -0.25) is 4.90 Å². The van der Waals surface area contributed by atoms with Crippen molar-refractivity contribution in [1.29, 1.82) is 0 Å². The Morgan fingerprint density at radius 1 is 1.20 bits per heavy atom. The molecule has 1 aromatic rings. The van der Waals surface area contributed by atoms with Crippen molar-refractivity contribution in [2.45, 2.75) is 57.5 Å². The smallest absolute Gasteiger partial charge is 0.0456 e. The van der Waals surface area contributed by atoms with Crippen molar-refractivity contribution in [1.82, 2.24) is 4.90 Å². The number of nitrogens with two attached hydrogens (primary N) is 1. The molecule has 0 saturated heterocycles. The second-order valence-corrected chi connectivity index (χ2v) is 6.74. The van der Waals surface area contributed by atoms with E-state index in [2.05, 4.69) is 43.0 Å². The van der Waals surface area contributed by atoms with Gasteiger partial charge < -0.3 is 5.73 Å². The third kappa shape index (κ3) is 2.51. The fourth-order valence-electron chi connectivity index (χ4n) is 3.99. The highest BCUT2D eigenvalue weighted by atomic mass is 15.2. The lowest BCUT2D eigenvalue weighted by atomic mass is 9.77. The summed E-state index contributed by atoms with van der Waals surface area (Å²) in [6.07, 6.45) is 5.48.